The van der Waals surface area contributed by atoms with E-state index in [2.05, 4.69) is 4.90 Å². The summed E-state index contributed by atoms with van der Waals surface area (Å²) in [5.41, 5.74) is 6.82. The van der Waals surface area contributed by atoms with Gasteiger partial charge in [-0.1, -0.05) is 12.2 Å². The van der Waals surface area contributed by atoms with Crippen molar-refractivity contribution in [3.8, 4) is 0 Å². The van der Waals surface area contributed by atoms with Crippen LogP contribution < -0.4 is 5.73 Å². The van der Waals surface area contributed by atoms with Gasteiger partial charge in [0.05, 0.1) is 6.61 Å². The number of aliphatic hydroxyl groups excluding tert-OH is 1. The SMILES string of the molecule is NC(=S)c1ccc(F)c(CN2CCCC2CO)c1. The summed E-state index contributed by atoms with van der Waals surface area (Å²) in [6, 6.07) is 4.82. The maximum Gasteiger partial charge on any atom is 0.127 e. The largest absolute Gasteiger partial charge is 0.395 e. The summed E-state index contributed by atoms with van der Waals surface area (Å²) in [7, 11) is 0. The first-order valence-corrected chi connectivity index (χ1v) is 6.45. The molecule has 0 radical (unpaired) electrons. The van der Waals surface area contributed by atoms with Crippen molar-refractivity contribution in [2.75, 3.05) is 13.2 Å². The molecular formula is C13H17FN2OS. The van der Waals surface area contributed by atoms with E-state index in [1.165, 1.54) is 6.07 Å². The predicted octanol–water partition coefficient (Wildman–Crippen LogP) is 1.42. The van der Waals surface area contributed by atoms with Gasteiger partial charge in [-0.2, -0.15) is 0 Å². The lowest BCUT2D eigenvalue weighted by atomic mass is 10.1. The van der Waals surface area contributed by atoms with Crippen LogP contribution in [0.4, 0.5) is 4.39 Å². The molecule has 1 fully saturated rings. The summed E-state index contributed by atoms with van der Waals surface area (Å²) in [5.74, 6) is -0.251. The number of likely N-dealkylation sites (tertiary alicyclic amines) is 1. The number of nitrogens with zero attached hydrogens (tertiary/aromatic N) is 1. The van der Waals surface area contributed by atoms with E-state index < -0.39 is 0 Å². The van der Waals surface area contributed by atoms with E-state index >= 15 is 0 Å². The third-order valence-corrected chi connectivity index (χ3v) is 3.65. The Balaban J connectivity index is 2.17. The molecule has 0 aliphatic carbocycles. The van der Waals surface area contributed by atoms with Gasteiger partial charge in [-0.05, 0) is 37.6 Å². The Labute approximate surface area is 111 Å². The van der Waals surface area contributed by atoms with E-state index in [4.69, 9.17) is 18.0 Å². The minimum Gasteiger partial charge on any atom is -0.395 e. The molecule has 3 nitrogen and oxygen atoms in total. The molecule has 1 aromatic rings. The molecule has 98 valence electrons. The number of hydrogen-bond donors (Lipinski definition) is 2. The maximum atomic E-state index is 13.7. The van der Waals surface area contributed by atoms with Gasteiger partial charge in [-0.25, -0.2) is 4.39 Å². The zero-order valence-electron chi connectivity index (χ0n) is 10.1. The Morgan fingerprint density at radius 3 is 3.00 bits per heavy atom. The average molecular weight is 268 g/mol. The van der Waals surface area contributed by atoms with E-state index in [0.717, 1.165) is 19.4 Å². The molecular weight excluding hydrogens is 251 g/mol. The minimum absolute atomic E-state index is 0.122. The van der Waals surface area contributed by atoms with E-state index in [1.54, 1.807) is 12.1 Å². The highest BCUT2D eigenvalue weighted by molar-refractivity contribution is 7.80. The van der Waals surface area contributed by atoms with Crippen molar-refractivity contribution < 1.29 is 9.50 Å². The van der Waals surface area contributed by atoms with Gasteiger partial charge in [-0.3, -0.25) is 4.90 Å². The minimum atomic E-state index is -0.251. The van der Waals surface area contributed by atoms with E-state index in [-0.39, 0.29) is 23.5 Å². The second-order valence-electron chi connectivity index (χ2n) is 4.62. The summed E-state index contributed by atoms with van der Waals surface area (Å²) in [6.45, 7) is 1.51. The topological polar surface area (TPSA) is 49.5 Å². The third kappa shape index (κ3) is 2.85. The number of aliphatic hydroxyl groups is 1. The van der Waals surface area contributed by atoms with Gasteiger partial charge in [-0.15, -0.1) is 0 Å². The van der Waals surface area contributed by atoms with Crippen LogP contribution in [0.3, 0.4) is 0 Å². The Hall–Kier alpha value is -1.04. The maximum absolute atomic E-state index is 13.7. The predicted molar refractivity (Wildman–Crippen MR) is 72.8 cm³/mol. The summed E-state index contributed by atoms with van der Waals surface area (Å²) < 4.78 is 13.7. The van der Waals surface area contributed by atoms with Crippen molar-refractivity contribution in [1.82, 2.24) is 4.90 Å². The number of thiocarbonyl (C=S) groups is 1. The molecule has 1 unspecified atom stereocenters. The van der Waals surface area contributed by atoms with Crippen LogP contribution in [0.5, 0.6) is 0 Å². The van der Waals surface area contributed by atoms with Gasteiger partial charge in [0.15, 0.2) is 0 Å². The molecule has 1 atom stereocenters. The van der Waals surface area contributed by atoms with Crippen molar-refractivity contribution in [1.29, 1.82) is 0 Å². The highest BCUT2D eigenvalue weighted by atomic mass is 32.1. The van der Waals surface area contributed by atoms with Crippen molar-refractivity contribution in [3.63, 3.8) is 0 Å². The first kappa shape index (κ1) is 13.4. The van der Waals surface area contributed by atoms with Crippen LogP contribution in [0.15, 0.2) is 18.2 Å². The molecule has 0 aromatic heterocycles. The van der Waals surface area contributed by atoms with Crippen molar-refractivity contribution in [2.45, 2.75) is 25.4 Å². The highest BCUT2D eigenvalue weighted by Gasteiger charge is 2.24. The molecule has 1 heterocycles. The number of nitrogens with two attached hydrogens (primary N) is 1. The van der Waals surface area contributed by atoms with Gasteiger partial charge in [0, 0.05) is 23.7 Å². The van der Waals surface area contributed by atoms with Crippen molar-refractivity contribution in [3.05, 3.63) is 35.1 Å². The van der Waals surface area contributed by atoms with Crippen LogP contribution in [0, 0.1) is 5.82 Å². The summed E-state index contributed by atoms with van der Waals surface area (Å²) >= 11 is 4.90. The zero-order chi connectivity index (χ0) is 13.1. The van der Waals surface area contributed by atoms with Crippen LogP contribution in [0.1, 0.15) is 24.0 Å². The molecule has 0 spiro atoms. The van der Waals surface area contributed by atoms with Crippen LogP contribution in [-0.2, 0) is 6.54 Å². The third-order valence-electron chi connectivity index (χ3n) is 3.41. The fourth-order valence-electron chi connectivity index (χ4n) is 2.38. The molecule has 1 saturated heterocycles. The first-order valence-electron chi connectivity index (χ1n) is 6.05. The lowest BCUT2D eigenvalue weighted by molar-refractivity contribution is 0.152. The molecule has 1 aliphatic heterocycles. The number of hydrogen-bond acceptors (Lipinski definition) is 3. The van der Waals surface area contributed by atoms with Crippen LogP contribution in [0.25, 0.3) is 0 Å². The quantitative estimate of drug-likeness (QED) is 0.811. The molecule has 3 N–H and O–H groups in total. The Kier molecular flexibility index (Phi) is 4.27. The van der Waals surface area contributed by atoms with Gasteiger partial charge < -0.3 is 10.8 Å². The van der Waals surface area contributed by atoms with E-state index in [0.29, 0.717) is 17.7 Å². The second kappa shape index (κ2) is 5.73. The summed E-state index contributed by atoms with van der Waals surface area (Å²) in [6.07, 6.45) is 2.01. The molecule has 1 aliphatic rings. The standard InChI is InChI=1S/C13H17FN2OS/c14-12-4-3-9(13(15)18)6-10(12)7-16-5-1-2-11(16)8-17/h3-4,6,11,17H,1-2,5,7-8H2,(H2,15,18). The second-order valence-corrected chi connectivity index (χ2v) is 5.06. The molecule has 0 bridgehead atoms. The van der Waals surface area contributed by atoms with E-state index in [1.807, 2.05) is 0 Å². The zero-order valence-corrected chi connectivity index (χ0v) is 10.9. The summed E-state index contributed by atoms with van der Waals surface area (Å²) in [4.78, 5) is 2.37. The first-order chi connectivity index (χ1) is 8.61. The monoisotopic (exact) mass is 268 g/mol. The lowest BCUT2D eigenvalue weighted by Gasteiger charge is -2.23. The van der Waals surface area contributed by atoms with Crippen LogP contribution in [0.2, 0.25) is 0 Å². The number of rotatable bonds is 4. The lowest BCUT2D eigenvalue weighted by Crippen LogP contribution is -2.32. The normalized spacial score (nSPS) is 20.2. The molecule has 0 saturated carbocycles. The average Bonchev–Trinajstić information content (AvgIpc) is 2.79. The Morgan fingerprint density at radius 2 is 2.33 bits per heavy atom. The summed E-state index contributed by atoms with van der Waals surface area (Å²) in [5, 5.41) is 9.25. The Morgan fingerprint density at radius 1 is 1.56 bits per heavy atom. The molecule has 1 aromatic carbocycles. The van der Waals surface area contributed by atoms with Gasteiger partial charge >= 0.3 is 0 Å². The van der Waals surface area contributed by atoms with Crippen molar-refractivity contribution in [2.24, 2.45) is 5.73 Å². The Bertz CT molecular complexity index is 453. The van der Waals surface area contributed by atoms with Gasteiger partial charge in [0.25, 0.3) is 0 Å². The number of halogens is 1. The molecule has 0 amide bonds. The van der Waals surface area contributed by atoms with E-state index in [9.17, 15) is 9.50 Å². The smallest absolute Gasteiger partial charge is 0.127 e. The van der Waals surface area contributed by atoms with Gasteiger partial charge in [0.1, 0.15) is 10.8 Å². The fourth-order valence-corrected chi connectivity index (χ4v) is 2.51. The molecule has 2 rings (SSSR count). The van der Waals surface area contributed by atoms with Crippen LogP contribution in [-0.4, -0.2) is 34.2 Å². The number of benzene rings is 1. The molecule has 5 heteroatoms. The molecule has 18 heavy (non-hydrogen) atoms. The van der Waals surface area contributed by atoms with Crippen LogP contribution >= 0.6 is 12.2 Å². The van der Waals surface area contributed by atoms with Crippen molar-refractivity contribution >= 4 is 17.2 Å². The highest BCUT2D eigenvalue weighted by Crippen LogP contribution is 2.21. The fraction of sp³-hybridized carbons (Fsp3) is 0.462. The van der Waals surface area contributed by atoms with Gasteiger partial charge in [0.2, 0.25) is 0 Å².